The molecule has 0 amide bonds. The Labute approximate surface area is 141 Å². The quantitative estimate of drug-likeness (QED) is 0.823. The molecule has 0 aliphatic heterocycles. The highest BCUT2D eigenvalue weighted by atomic mass is 19.1. The van der Waals surface area contributed by atoms with Crippen molar-refractivity contribution >= 4 is 11.5 Å². The average Bonchev–Trinajstić information content (AvgIpc) is 2.62. The average molecular weight is 327 g/mol. The molecule has 1 unspecified atom stereocenters. The third kappa shape index (κ3) is 4.52. The smallest absolute Gasteiger partial charge is 0.322 e. The van der Waals surface area contributed by atoms with Gasteiger partial charge in [-0.2, -0.15) is 0 Å². The number of esters is 1. The van der Waals surface area contributed by atoms with Gasteiger partial charge in [0.2, 0.25) is 0 Å². The summed E-state index contributed by atoms with van der Waals surface area (Å²) in [5, 5.41) is 0. The van der Waals surface area contributed by atoms with Crippen molar-refractivity contribution in [2.24, 2.45) is 5.73 Å². The summed E-state index contributed by atoms with van der Waals surface area (Å²) in [6.07, 6.45) is 3.20. The third-order valence-corrected chi connectivity index (χ3v) is 3.91. The van der Waals surface area contributed by atoms with Crippen molar-refractivity contribution in [1.82, 2.24) is 0 Å². The molecule has 2 N–H and O–H groups in total. The van der Waals surface area contributed by atoms with E-state index in [1.54, 1.807) is 12.1 Å². The van der Waals surface area contributed by atoms with E-state index in [-0.39, 0.29) is 5.82 Å². The predicted octanol–water partition coefficient (Wildman–Crippen LogP) is 3.71. The summed E-state index contributed by atoms with van der Waals surface area (Å²) in [4.78, 5) is 11.5. The number of hydrogen-bond donors (Lipinski definition) is 1. The van der Waals surface area contributed by atoms with Gasteiger partial charge in [0.1, 0.15) is 11.9 Å². The first-order valence-corrected chi connectivity index (χ1v) is 7.94. The first-order valence-electron chi connectivity index (χ1n) is 7.94. The van der Waals surface area contributed by atoms with E-state index >= 15 is 0 Å². The maximum absolute atomic E-state index is 13.2. The molecule has 0 bridgehead atoms. The van der Waals surface area contributed by atoms with Crippen LogP contribution in [0.4, 0.5) is 4.39 Å². The zero-order valence-corrected chi connectivity index (χ0v) is 14.0. The van der Waals surface area contributed by atoms with Crippen LogP contribution in [0, 0.1) is 5.82 Å². The van der Waals surface area contributed by atoms with Gasteiger partial charge in [0.05, 0.1) is 7.11 Å². The predicted molar refractivity (Wildman–Crippen MR) is 93.9 cm³/mol. The first-order chi connectivity index (χ1) is 11.5. The molecule has 1 atom stereocenters. The number of hydrogen-bond acceptors (Lipinski definition) is 3. The molecule has 2 rings (SSSR count). The molecule has 0 spiro atoms. The Kier molecular flexibility index (Phi) is 6.27. The number of carbonyl (C=O) groups is 1. The van der Waals surface area contributed by atoms with Crippen LogP contribution in [0.3, 0.4) is 0 Å². The molecule has 0 radical (unpaired) electrons. The van der Waals surface area contributed by atoms with Gasteiger partial charge in [-0.1, -0.05) is 49.4 Å². The van der Waals surface area contributed by atoms with Crippen molar-refractivity contribution in [3.8, 4) is 0 Å². The molecule has 24 heavy (non-hydrogen) atoms. The fourth-order valence-corrected chi connectivity index (χ4v) is 2.44. The second-order valence-electron chi connectivity index (χ2n) is 5.54. The van der Waals surface area contributed by atoms with Crippen LogP contribution in [-0.2, 0) is 16.0 Å². The third-order valence-electron chi connectivity index (χ3n) is 3.91. The van der Waals surface area contributed by atoms with Crippen molar-refractivity contribution < 1.29 is 13.9 Å². The summed E-state index contributed by atoms with van der Waals surface area (Å²) < 4.78 is 17.9. The zero-order valence-electron chi connectivity index (χ0n) is 14.0. The van der Waals surface area contributed by atoms with E-state index in [2.05, 4.69) is 23.8 Å². The number of ether oxygens (including phenoxy) is 1. The second kappa shape index (κ2) is 8.41. The van der Waals surface area contributed by atoms with E-state index in [4.69, 9.17) is 5.73 Å². The largest absolute Gasteiger partial charge is 0.468 e. The molecule has 0 fully saturated rings. The Bertz CT molecular complexity index is 705. The SMILES string of the molecule is CCc1ccc(C(=CCC(N)C(=O)OC)c2ccc(F)cc2)cc1. The van der Waals surface area contributed by atoms with Gasteiger partial charge >= 0.3 is 5.97 Å². The Hall–Kier alpha value is -2.46. The summed E-state index contributed by atoms with van der Waals surface area (Å²) in [6.45, 7) is 2.10. The minimum atomic E-state index is -0.722. The van der Waals surface area contributed by atoms with Gasteiger partial charge in [0.15, 0.2) is 0 Å². The number of halogens is 1. The van der Waals surface area contributed by atoms with E-state index in [1.807, 2.05) is 18.2 Å². The molecule has 4 heteroatoms. The van der Waals surface area contributed by atoms with Crippen molar-refractivity contribution in [3.63, 3.8) is 0 Å². The minimum absolute atomic E-state index is 0.286. The highest BCUT2D eigenvalue weighted by molar-refractivity contribution is 5.81. The molecule has 2 aromatic carbocycles. The highest BCUT2D eigenvalue weighted by Gasteiger charge is 2.13. The van der Waals surface area contributed by atoms with Gasteiger partial charge in [-0.15, -0.1) is 0 Å². The standard InChI is InChI=1S/C20H22FNO2/c1-3-14-4-6-15(7-5-14)18(12-13-19(22)20(23)24-2)16-8-10-17(21)11-9-16/h4-12,19H,3,13,22H2,1-2H3. The molecule has 0 saturated carbocycles. The summed E-state index contributed by atoms with van der Waals surface area (Å²) in [5.41, 5.74) is 9.85. The lowest BCUT2D eigenvalue weighted by Crippen LogP contribution is -2.30. The van der Waals surface area contributed by atoms with Gasteiger partial charge in [0, 0.05) is 0 Å². The van der Waals surface area contributed by atoms with E-state index in [0.717, 1.165) is 23.1 Å². The van der Waals surface area contributed by atoms with E-state index in [0.29, 0.717) is 6.42 Å². The van der Waals surface area contributed by atoms with Gasteiger partial charge in [-0.3, -0.25) is 4.79 Å². The topological polar surface area (TPSA) is 52.3 Å². The number of methoxy groups -OCH3 is 1. The molecule has 0 heterocycles. The summed E-state index contributed by atoms with van der Waals surface area (Å²) >= 11 is 0. The van der Waals surface area contributed by atoms with Crippen LogP contribution < -0.4 is 5.73 Å². The van der Waals surface area contributed by atoms with Crippen molar-refractivity contribution in [2.45, 2.75) is 25.8 Å². The highest BCUT2D eigenvalue weighted by Crippen LogP contribution is 2.25. The Morgan fingerprint density at radius 1 is 1.12 bits per heavy atom. The zero-order chi connectivity index (χ0) is 17.5. The van der Waals surface area contributed by atoms with Crippen LogP contribution in [0.25, 0.3) is 5.57 Å². The summed E-state index contributed by atoms with van der Waals surface area (Å²) in [6, 6.07) is 13.7. The summed E-state index contributed by atoms with van der Waals surface area (Å²) in [7, 11) is 1.32. The lowest BCUT2D eigenvalue weighted by atomic mass is 9.95. The van der Waals surface area contributed by atoms with Crippen molar-refractivity contribution in [2.75, 3.05) is 7.11 Å². The van der Waals surface area contributed by atoms with Crippen molar-refractivity contribution in [1.29, 1.82) is 0 Å². The van der Waals surface area contributed by atoms with Crippen LogP contribution in [0.15, 0.2) is 54.6 Å². The Balaban J connectivity index is 2.36. The number of nitrogens with two attached hydrogens (primary N) is 1. The number of carbonyl (C=O) groups excluding carboxylic acids is 1. The molecule has 0 aliphatic rings. The fourth-order valence-electron chi connectivity index (χ4n) is 2.44. The fraction of sp³-hybridized carbons (Fsp3) is 0.250. The number of aryl methyl sites for hydroxylation is 1. The Morgan fingerprint density at radius 3 is 2.17 bits per heavy atom. The van der Waals surface area contributed by atoms with Gasteiger partial charge in [0.25, 0.3) is 0 Å². The Morgan fingerprint density at radius 2 is 1.67 bits per heavy atom. The van der Waals surface area contributed by atoms with Gasteiger partial charge in [-0.05, 0) is 47.2 Å². The van der Waals surface area contributed by atoms with Gasteiger partial charge in [-0.25, -0.2) is 4.39 Å². The monoisotopic (exact) mass is 327 g/mol. The molecule has 0 aromatic heterocycles. The maximum Gasteiger partial charge on any atom is 0.322 e. The molecule has 2 aromatic rings. The lowest BCUT2D eigenvalue weighted by Gasteiger charge is -2.12. The summed E-state index contributed by atoms with van der Waals surface area (Å²) in [5.74, 6) is -0.739. The van der Waals surface area contributed by atoms with Crippen LogP contribution in [-0.4, -0.2) is 19.1 Å². The normalized spacial score (nSPS) is 12.8. The van der Waals surface area contributed by atoms with Crippen LogP contribution in [0.2, 0.25) is 0 Å². The lowest BCUT2D eigenvalue weighted by molar-refractivity contribution is -0.142. The molecule has 0 saturated heterocycles. The molecular formula is C20H22FNO2. The number of benzene rings is 2. The van der Waals surface area contributed by atoms with Crippen LogP contribution in [0.5, 0.6) is 0 Å². The molecule has 0 aliphatic carbocycles. The minimum Gasteiger partial charge on any atom is -0.468 e. The van der Waals surface area contributed by atoms with Crippen LogP contribution >= 0.6 is 0 Å². The van der Waals surface area contributed by atoms with E-state index < -0.39 is 12.0 Å². The molecule has 126 valence electrons. The molecule has 3 nitrogen and oxygen atoms in total. The van der Waals surface area contributed by atoms with E-state index in [1.165, 1.54) is 24.8 Å². The van der Waals surface area contributed by atoms with E-state index in [9.17, 15) is 9.18 Å². The van der Waals surface area contributed by atoms with Crippen molar-refractivity contribution in [3.05, 3.63) is 77.1 Å². The van der Waals surface area contributed by atoms with Crippen LogP contribution in [0.1, 0.15) is 30.0 Å². The van der Waals surface area contributed by atoms with Gasteiger partial charge < -0.3 is 10.5 Å². The maximum atomic E-state index is 13.2. The number of rotatable bonds is 6. The first kappa shape index (κ1) is 17.9. The second-order valence-corrected chi connectivity index (χ2v) is 5.54. The molecular weight excluding hydrogens is 305 g/mol.